The first-order valence-electron chi connectivity index (χ1n) is 8.12. The number of carbonyl (C=O) groups excluding carboxylic acids is 1. The van der Waals surface area contributed by atoms with Gasteiger partial charge in [-0.15, -0.1) is 0 Å². The van der Waals surface area contributed by atoms with Crippen molar-refractivity contribution >= 4 is 47.1 Å². The third-order valence-electron chi connectivity index (χ3n) is 3.58. The zero-order valence-electron chi connectivity index (χ0n) is 14.6. The smallest absolute Gasteiger partial charge is 0.271 e. The standard InChI is InChI=1S/C18H13Cl2N5O3S/c19-12-7-6-10(8-13(12)20)9-21-23-15(26)14(11-4-2-1-3-5-11)29-17-16(27)22-18(28)25-24-17/h1-9,14H,(H,23,26)(H2,22,25,27,28)/b21-9-. The molecule has 3 rings (SSSR count). The SMILES string of the molecule is O=C(N/N=C\c1ccc(Cl)c(Cl)c1)C(Sc1n[nH]c(=O)[nH]c1=O)c1ccccc1. The van der Waals surface area contributed by atoms with Gasteiger partial charge in [-0.3, -0.25) is 14.6 Å². The van der Waals surface area contributed by atoms with Crippen LogP contribution in [0.1, 0.15) is 16.4 Å². The van der Waals surface area contributed by atoms with Crippen LogP contribution >= 0.6 is 35.0 Å². The number of nitrogens with one attached hydrogen (secondary N) is 3. The summed E-state index contributed by atoms with van der Waals surface area (Å²) in [6.07, 6.45) is 1.41. The molecule has 3 aromatic rings. The minimum absolute atomic E-state index is 0.0536. The van der Waals surface area contributed by atoms with E-state index < -0.39 is 22.4 Å². The highest BCUT2D eigenvalue weighted by molar-refractivity contribution is 8.00. The van der Waals surface area contributed by atoms with Crippen LogP contribution in [0, 0.1) is 0 Å². The largest absolute Gasteiger partial charge is 0.342 e. The third-order valence-corrected chi connectivity index (χ3v) is 5.54. The quantitative estimate of drug-likeness (QED) is 0.303. The Morgan fingerprint density at radius 2 is 1.90 bits per heavy atom. The van der Waals surface area contributed by atoms with Crippen LogP contribution in [0.3, 0.4) is 0 Å². The Balaban J connectivity index is 1.80. The Morgan fingerprint density at radius 3 is 2.59 bits per heavy atom. The zero-order valence-corrected chi connectivity index (χ0v) is 16.9. The van der Waals surface area contributed by atoms with E-state index >= 15 is 0 Å². The van der Waals surface area contributed by atoms with Gasteiger partial charge in [0.15, 0.2) is 5.03 Å². The molecular weight excluding hydrogens is 437 g/mol. The first kappa shape index (κ1) is 20.8. The van der Waals surface area contributed by atoms with Gasteiger partial charge in [-0.25, -0.2) is 15.3 Å². The molecule has 0 radical (unpaired) electrons. The van der Waals surface area contributed by atoms with Gasteiger partial charge in [-0.1, -0.05) is 71.4 Å². The van der Waals surface area contributed by atoms with Gasteiger partial charge in [0.2, 0.25) is 0 Å². The van der Waals surface area contributed by atoms with Gasteiger partial charge in [0, 0.05) is 0 Å². The Labute approximate surface area is 178 Å². The molecule has 1 atom stereocenters. The highest BCUT2D eigenvalue weighted by atomic mass is 35.5. The molecular formula is C18H13Cl2N5O3S. The van der Waals surface area contributed by atoms with E-state index in [1.165, 1.54) is 6.21 Å². The lowest BCUT2D eigenvalue weighted by Crippen LogP contribution is -2.28. The van der Waals surface area contributed by atoms with Gasteiger partial charge in [0.1, 0.15) is 5.25 Å². The van der Waals surface area contributed by atoms with Crippen molar-refractivity contribution < 1.29 is 4.79 Å². The topological polar surface area (TPSA) is 120 Å². The highest BCUT2D eigenvalue weighted by Gasteiger charge is 2.24. The van der Waals surface area contributed by atoms with Crippen molar-refractivity contribution in [1.29, 1.82) is 0 Å². The fraction of sp³-hybridized carbons (Fsp3) is 0.0556. The van der Waals surface area contributed by atoms with E-state index in [9.17, 15) is 14.4 Å². The lowest BCUT2D eigenvalue weighted by molar-refractivity contribution is -0.120. The van der Waals surface area contributed by atoms with E-state index in [0.717, 1.165) is 11.8 Å². The summed E-state index contributed by atoms with van der Waals surface area (Å²) < 4.78 is 0. The zero-order chi connectivity index (χ0) is 20.8. The second kappa shape index (κ2) is 9.55. The molecule has 8 nitrogen and oxygen atoms in total. The lowest BCUT2D eigenvalue weighted by Gasteiger charge is -2.14. The second-order valence-electron chi connectivity index (χ2n) is 5.63. The molecule has 0 saturated heterocycles. The van der Waals surface area contributed by atoms with E-state index in [2.05, 4.69) is 25.7 Å². The first-order chi connectivity index (χ1) is 13.9. The number of thioether (sulfide) groups is 1. The van der Waals surface area contributed by atoms with Crippen molar-refractivity contribution in [1.82, 2.24) is 20.6 Å². The average Bonchev–Trinajstić information content (AvgIpc) is 2.70. The molecule has 0 bridgehead atoms. The molecule has 0 aliphatic carbocycles. The summed E-state index contributed by atoms with van der Waals surface area (Å²) >= 11 is 12.7. The Morgan fingerprint density at radius 1 is 1.14 bits per heavy atom. The van der Waals surface area contributed by atoms with E-state index in [1.807, 2.05) is 0 Å². The number of H-pyrrole nitrogens is 2. The first-order valence-corrected chi connectivity index (χ1v) is 9.76. The van der Waals surface area contributed by atoms with Crippen LogP contribution in [0.4, 0.5) is 0 Å². The molecule has 1 amide bonds. The number of aromatic amines is 2. The van der Waals surface area contributed by atoms with E-state index in [0.29, 0.717) is 21.2 Å². The summed E-state index contributed by atoms with van der Waals surface area (Å²) in [4.78, 5) is 37.9. The molecule has 0 fully saturated rings. The summed E-state index contributed by atoms with van der Waals surface area (Å²) in [6, 6.07) is 13.7. The minimum atomic E-state index is -0.832. The summed E-state index contributed by atoms with van der Waals surface area (Å²) in [6.45, 7) is 0. The van der Waals surface area contributed by atoms with Crippen LogP contribution in [0.5, 0.6) is 0 Å². The normalized spacial score (nSPS) is 12.1. The number of hydrogen-bond donors (Lipinski definition) is 3. The molecule has 0 spiro atoms. The maximum atomic E-state index is 12.7. The van der Waals surface area contributed by atoms with Crippen LogP contribution in [0.2, 0.25) is 10.0 Å². The molecule has 0 aliphatic rings. The molecule has 0 aliphatic heterocycles. The van der Waals surface area contributed by atoms with E-state index in [4.69, 9.17) is 23.2 Å². The number of amides is 1. The molecule has 2 aromatic carbocycles. The van der Waals surface area contributed by atoms with Crippen LogP contribution in [0.25, 0.3) is 0 Å². The van der Waals surface area contributed by atoms with Gasteiger partial charge < -0.3 is 0 Å². The number of benzene rings is 2. The molecule has 0 saturated carbocycles. The number of aromatic nitrogens is 3. The Kier molecular flexibility index (Phi) is 6.86. The number of hydrazone groups is 1. The van der Waals surface area contributed by atoms with Crippen LogP contribution in [-0.4, -0.2) is 27.3 Å². The summed E-state index contributed by atoms with van der Waals surface area (Å²) in [5, 5.41) is 9.67. The summed E-state index contributed by atoms with van der Waals surface area (Å²) in [5.41, 5.74) is 2.29. The van der Waals surface area contributed by atoms with Gasteiger partial charge in [-0.2, -0.15) is 10.2 Å². The number of halogens is 2. The number of nitrogens with zero attached hydrogens (tertiary/aromatic N) is 2. The van der Waals surface area contributed by atoms with Gasteiger partial charge in [0.25, 0.3) is 11.5 Å². The predicted molar refractivity (Wildman–Crippen MR) is 113 cm³/mol. The average molecular weight is 450 g/mol. The molecule has 3 N–H and O–H groups in total. The summed E-state index contributed by atoms with van der Waals surface area (Å²) in [5.74, 6) is -0.482. The molecule has 1 unspecified atom stereocenters. The summed E-state index contributed by atoms with van der Waals surface area (Å²) in [7, 11) is 0. The predicted octanol–water partition coefficient (Wildman–Crippen LogP) is 2.75. The Hall–Kier alpha value is -2.88. The lowest BCUT2D eigenvalue weighted by atomic mass is 10.1. The van der Waals surface area contributed by atoms with Crippen LogP contribution in [0.15, 0.2) is 68.2 Å². The maximum absolute atomic E-state index is 12.7. The van der Waals surface area contributed by atoms with Gasteiger partial charge >= 0.3 is 5.69 Å². The molecule has 148 valence electrons. The minimum Gasteiger partial charge on any atom is -0.271 e. The maximum Gasteiger partial charge on any atom is 0.342 e. The fourth-order valence-corrected chi connectivity index (χ4v) is 3.49. The monoisotopic (exact) mass is 449 g/mol. The van der Waals surface area contributed by atoms with E-state index in [1.54, 1.807) is 48.5 Å². The van der Waals surface area contributed by atoms with Crippen molar-refractivity contribution in [2.75, 3.05) is 0 Å². The molecule has 1 aromatic heterocycles. The fourth-order valence-electron chi connectivity index (χ4n) is 2.25. The van der Waals surface area contributed by atoms with Crippen molar-refractivity contribution in [3.05, 3.63) is 90.5 Å². The number of hydrogen-bond acceptors (Lipinski definition) is 6. The van der Waals surface area contributed by atoms with Crippen molar-refractivity contribution in [2.45, 2.75) is 10.3 Å². The van der Waals surface area contributed by atoms with Crippen molar-refractivity contribution in [3.63, 3.8) is 0 Å². The van der Waals surface area contributed by atoms with Gasteiger partial charge in [0.05, 0.1) is 16.3 Å². The molecule has 11 heteroatoms. The highest BCUT2D eigenvalue weighted by Crippen LogP contribution is 2.32. The number of rotatable bonds is 6. The third kappa shape index (κ3) is 5.57. The van der Waals surface area contributed by atoms with Gasteiger partial charge in [-0.05, 0) is 23.3 Å². The van der Waals surface area contributed by atoms with E-state index in [-0.39, 0.29) is 5.03 Å². The van der Waals surface area contributed by atoms with Crippen molar-refractivity contribution in [2.24, 2.45) is 5.10 Å². The molecule has 1 heterocycles. The molecule has 29 heavy (non-hydrogen) atoms. The van der Waals surface area contributed by atoms with Crippen LogP contribution < -0.4 is 16.7 Å². The Bertz CT molecular complexity index is 1160. The number of carbonyl (C=O) groups is 1. The van der Waals surface area contributed by atoms with Crippen LogP contribution in [-0.2, 0) is 4.79 Å². The van der Waals surface area contributed by atoms with Crippen molar-refractivity contribution in [3.8, 4) is 0 Å². The second-order valence-corrected chi connectivity index (χ2v) is 7.54.